The molecule has 0 saturated carbocycles. The Morgan fingerprint density at radius 2 is 1.93 bits per heavy atom. The maximum Gasteiger partial charge on any atom is 0.436 e. The molecule has 5 heteroatoms. The van der Waals surface area contributed by atoms with E-state index in [1.807, 2.05) is 20.8 Å². The van der Waals surface area contributed by atoms with Crippen LogP contribution in [-0.4, -0.2) is 5.16 Å². The molecule has 14 heavy (non-hydrogen) atoms. The lowest BCUT2D eigenvalue weighted by Crippen LogP contribution is -2.14. The first-order chi connectivity index (χ1) is 6.27. The van der Waals surface area contributed by atoms with Crippen molar-refractivity contribution in [1.29, 1.82) is 0 Å². The van der Waals surface area contributed by atoms with Crippen molar-refractivity contribution in [3.63, 3.8) is 0 Å². The van der Waals surface area contributed by atoms with E-state index in [0.717, 1.165) is 6.07 Å². The fourth-order valence-electron chi connectivity index (χ4n) is 0.902. The van der Waals surface area contributed by atoms with Gasteiger partial charge in [0.25, 0.3) is 0 Å². The summed E-state index contributed by atoms with van der Waals surface area (Å²) in [5.74, 6) is 0.271. The highest BCUT2D eigenvalue weighted by Crippen LogP contribution is 2.33. The molecule has 0 aliphatic heterocycles. The molecular formula is C9H12F3NO. The van der Waals surface area contributed by atoms with Crippen molar-refractivity contribution in [2.24, 2.45) is 0 Å². The third kappa shape index (κ3) is 2.08. The quantitative estimate of drug-likeness (QED) is 0.742. The molecule has 0 atom stereocenters. The topological polar surface area (TPSA) is 26.0 Å². The Morgan fingerprint density at radius 1 is 1.36 bits per heavy atom. The molecule has 80 valence electrons. The van der Waals surface area contributed by atoms with Gasteiger partial charge in [0.2, 0.25) is 0 Å². The van der Waals surface area contributed by atoms with Gasteiger partial charge in [-0.15, -0.1) is 0 Å². The molecule has 0 unspecified atom stereocenters. The van der Waals surface area contributed by atoms with Crippen LogP contribution in [0.25, 0.3) is 0 Å². The van der Waals surface area contributed by atoms with Crippen LogP contribution in [0.4, 0.5) is 13.2 Å². The van der Waals surface area contributed by atoms with Crippen molar-refractivity contribution in [2.45, 2.75) is 38.8 Å². The van der Waals surface area contributed by atoms with Gasteiger partial charge in [-0.1, -0.05) is 25.9 Å². The first-order valence-electron chi connectivity index (χ1n) is 4.32. The summed E-state index contributed by atoms with van der Waals surface area (Å²) < 4.78 is 41.2. The molecule has 0 spiro atoms. The van der Waals surface area contributed by atoms with E-state index in [9.17, 15) is 13.2 Å². The summed E-state index contributed by atoms with van der Waals surface area (Å²) in [6.45, 7) is 5.51. The van der Waals surface area contributed by atoms with Gasteiger partial charge in [0, 0.05) is 11.5 Å². The second-order valence-corrected chi connectivity index (χ2v) is 3.81. The van der Waals surface area contributed by atoms with Gasteiger partial charge in [-0.25, -0.2) is 0 Å². The minimum atomic E-state index is -4.43. The fraction of sp³-hybridized carbons (Fsp3) is 0.667. The number of aromatic nitrogens is 1. The summed E-state index contributed by atoms with van der Waals surface area (Å²) in [5, 5.41) is 3.00. The molecule has 1 aromatic heterocycles. The average molecular weight is 207 g/mol. The molecule has 0 bridgehead atoms. The lowest BCUT2D eigenvalue weighted by Gasteiger charge is -2.17. The monoisotopic (exact) mass is 207 g/mol. The van der Waals surface area contributed by atoms with Crippen LogP contribution in [0.2, 0.25) is 0 Å². The third-order valence-corrected chi connectivity index (χ3v) is 2.35. The number of hydrogen-bond acceptors (Lipinski definition) is 2. The Kier molecular flexibility index (Phi) is 2.61. The minimum Gasteiger partial charge on any atom is -0.360 e. The maximum absolute atomic E-state index is 12.2. The highest BCUT2D eigenvalue weighted by atomic mass is 19.4. The van der Waals surface area contributed by atoms with E-state index in [4.69, 9.17) is 0 Å². The second-order valence-electron chi connectivity index (χ2n) is 3.81. The molecule has 1 heterocycles. The third-order valence-electron chi connectivity index (χ3n) is 2.35. The van der Waals surface area contributed by atoms with Crippen LogP contribution < -0.4 is 0 Å². The van der Waals surface area contributed by atoms with Crippen LogP contribution in [0, 0.1) is 0 Å². The number of hydrogen-bond donors (Lipinski definition) is 0. The maximum atomic E-state index is 12.2. The summed E-state index contributed by atoms with van der Waals surface area (Å²) in [6, 6.07) is 0.962. The van der Waals surface area contributed by atoms with Gasteiger partial charge >= 0.3 is 6.18 Å². The SMILES string of the molecule is CCC(C)(C)c1cc(C(F)(F)F)no1. The van der Waals surface area contributed by atoms with Gasteiger partial charge in [0.05, 0.1) is 0 Å². The minimum absolute atomic E-state index is 0.271. The lowest BCUT2D eigenvalue weighted by molar-refractivity contribution is -0.142. The summed E-state index contributed by atoms with van der Waals surface area (Å²) in [4.78, 5) is 0. The zero-order chi connectivity index (χ0) is 11.0. The lowest BCUT2D eigenvalue weighted by atomic mass is 9.87. The molecule has 0 fully saturated rings. The molecule has 0 saturated heterocycles. The zero-order valence-electron chi connectivity index (χ0n) is 8.27. The number of rotatable bonds is 2. The molecule has 0 amide bonds. The van der Waals surface area contributed by atoms with E-state index in [1.54, 1.807) is 0 Å². The molecule has 2 nitrogen and oxygen atoms in total. The summed E-state index contributed by atoms with van der Waals surface area (Å²) in [5.41, 5.74) is -1.37. The van der Waals surface area contributed by atoms with Gasteiger partial charge in [-0.05, 0) is 6.42 Å². The molecular weight excluding hydrogens is 195 g/mol. The largest absolute Gasteiger partial charge is 0.436 e. The Morgan fingerprint density at radius 3 is 2.29 bits per heavy atom. The first kappa shape index (κ1) is 11.1. The normalized spacial score (nSPS) is 13.3. The van der Waals surface area contributed by atoms with Crippen LogP contribution in [0.5, 0.6) is 0 Å². The van der Waals surface area contributed by atoms with Crippen LogP contribution in [-0.2, 0) is 11.6 Å². The highest BCUT2D eigenvalue weighted by Gasteiger charge is 2.36. The number of alkyl halides is 3. The standard InChI is InChI=1S/C9H12F3NO/c1-4-8(2,3)7-5-6(13-14-7)9(10,11)12/h5H,4H2,1-3H3. The van der Waals surface area contributed by atoms with E-state index in [-0.39, 0.29) is 5.76 Å². The molecule has 0 aliphatic rings. The summed E-state index contributed by atoms with van der Waals surface area (Å²) >= 11 is 0. The molecule has 0 radical (unpaired) electrons. The smallest absolute Gasteiger partial charge is 0.360 e. The van der Waals surface area contributed by atoms with Gasteiger partial charge in [0.1, 0.15) is 5.76 Å². The predicted octanol–water partition coefficient (Wildman–Crippen LogP) is 3.38. The summed E-state index contributed by atoms with van der Waals surface area (Å²) in [7, 11) is 0. The van der Waals surface area contributed by atoms with Crippen molar-refractivity contribution in [3.05, 3.63) is 17.5 Å². The van der Waals surface area contributed by atoms with Crippen molar-refractivity contribution in [1.82, 2.24) is 5.16 Å². The molecule has 1 rings (SSSR count). The van der Waals surface area contributed by atoms with Crippen molar-refractivity contribution in [2.75, 3.05) is 0 Å². The van der Waals surface area contributed by atoms with E-state index in [2.05, 4.69) is 9.68 Å². The average Bonchev–Trinajstić information content (AvgIpc) is 2.51. The Labute approximate surface area is 80.1 Å². The van der Waals surface area contributed by atoms with Gasteiger partial charge in [-0.3, -0.25) is 0 Å². The molecule has 1 aromatic rings. The van der Waals surface area contributed by atoms with Crippen LogP contribution in [0.15, 0.2) is 10.6 Å². The van der Waals surface area contributed by atoms with Crippen molar-refractivity contribution < 1.29 is 17.7 Å². The fourth-order valence-corrected chi connectivity index (χ4v) is 0.902. The Bertz CT molecular complexity index is 314. The Hall–Kier alpha value is -1.00. The van der Waals surface area contributed by atoms with E-state index < -0.39 is 17.3 Å². The van der Waals surface area contributed by atoms with E-state index >= 15 is 0 Å². The molecule has 0 N–H and O–H groups in total. The van der Waals surface area contributed by atoms with Gasteiger partial charge in [-0.2, -0.15) is 13.2 Å². The molecule has 0 aliphatic carbocycles. The van der Waals surface area contributed by atoms with Gasteiger partial charge in [0.15, 0.2) is 5.69 Å². The van der Waals surface area contributed by atoms with E-state index in [1.165, 1.54) is 0 Å². The number of halogens is 3. The zero-order valence-corrected chi connectivity index (χ0v) is 8.27. The second kappa shape index (κ2) is 3.29. The Balaban J connectivity index is 3.00. The van der Waals surface area contributed by atoms with E-state index in [0.29, 0.717) is 6.42 Å². The van der Waals surface area contributed by atoms with Gasteiger partial charge < -0.3 is 4.52 Å². The van der Waals surface area contributed by atoms with Crippen LogP contribution in [0.3, 0.4) is 0 Å². The molecule has 0 aromatic carbocycles. The highest BCUT2D eigenvalue weighted by molar-refractivity contribution is 5.15. The van der Waals surface area contributed by atoms with Crippen molar-refractivity contribution in [3.8, 4) is 0 Å². The van der Waals surface area contributed by atoms with Crippen molar-refractivity contribution >= 4 is 0 Å². The van der Waals surface area contributed by atoms with Crippen LogP contribution in [0.1, 0.15) is 38.6 Å². The predicted molar refractivity (Wildman–Crippen MR) is 44.8 cm³/mol. The number of nitrogens with zero attached hydrogens (tertiary/aromatic N) is 1. The first-order valence-corrected chi connectivity index (χ1v) is 4.32. The van der Waals surface area contributed by atoms with Crippen LogP contribution >= 0.6 is 0 Å². The summed E-state index contributed by atoms with van der Waals surface area (Å²) in [6.07, 6.45) is -3.73.